The van der Waals surface area contributed by atoms with E-state index in [9.17, 15) is 18.0 Å². The topological polar surface area (TPSA) is 56.2 Å². The number of hydrogen-bond donors (Lipinski definition) is 1. The van der Waals surface area contributed by atoms with Crippen LogP contribution in [0.15, 0.2) is 46.4 Å². The second-order valence-corrected chi connectivity index (χ2v) is 7.97. The van der Waals surface area contributed by atoms with Crippen molar-refractivity contribution < 1.29 is 22.7 Å². The number of alkyl halides is 3. The van der Waals surface area contributed by atoms with Gasteiger partial charge in [0.1, 0.15) is 0 Å². The molecular weight excluding hydrogens is 447 g/mol. The standard InChI is InChI=1S/C17H13BrF3N3O2S/c1-26-13-9-24(11-4-2-3-10(7-11)17(19,20)21)23-15(13)16(25)22-8-12-5-6-14(18)27-12/h2-7,9H,8H2,1H3,(H,22,25). The first-order valence-corrected chi connectivity index (χ1v) is 9.22. The van der Waals surface area contributed by atoms with E-state index in [1.807, 2.05) is 12.1 Å². The quantitative estimate of drug-likeness (QED) is 0.603. The Balaban J connectivity index is 1.84. The molecule has 0 bridgehead atoms. The van der Waals surface area contributed by atoms with E-state index < -0.39 is 17.6 Å². The van der Waals surface area contributed by atoms with E-state index in [-0.39, 0.29) is 17.1 Å². The molecule has 0 atom stereocenters. The van der Waals surface area contributed by atoms with Crippen LogP contribution in [-0.2, 0) is 12.7 Å². The number of carbonyl (C=O) groups is 1. The molecule has 2 heterocycles. The fourth-order valence-corrected chi connectivity index (χ4v) is 3.74. The molecular formula is C17H13BrF3N3O2S. The minimum Gasteiger partial charge on any atom is -0.493 e. The molecule has 0 saturated carbocycles. The van der Waals surface area contributed by atoms with Gasteiger partial charge in [-0.15, -0.1) is 11.3 Å². The molecule has 1 N–H and O–H groups in total. The molecule has 0 aliphatic heterocycles. The van der Waals surface area contributed by atoms with Crippen molar-refractivity contribution in [2.45, 2.75) is 12.7 Å². The summed E-state index contributed by atoms with van der Waals surface area (Å²) in [5.41, 5.74) is -0.640. The second-order valence-electron chi connectivity index (χ2n) is 5.43. The van der Waals surface area contributed by atoms with Crippen LogP contribution < -0.4 is 10.1 Å². The Kier molecular flexibility index (Phi) is 5.56. The monoisotopic (exact) mass is 459 g/mol. The van der Waals surface area contributed by atoms with Crippen molar-refractivity contribution in [3.63, 3.8) is 0 Å². The first-order chi connectivity index (χ1) is 12.8. The van der Waals surface area contributed by atoms with Gasteiger partial charge in [-0.05, 0) is 46.3 Å². The molecule has 5 nitrogen and oxygen atoms in total. The largest absolute Gasteiger partial charge is 0.493 e. The molecule has 27 heavy (non-hydrogen) atoms. The number of nitrogens with one attached hydrogen (secondary N) is 1. The molecule has 1 amide bonds. The number of amides is 1. The summed E-state index contributed by atoms with van der Waals surface area (Å²) in [4.78, 5) is 13.4. The minimum absolute atomic E-state index is 0.00877. The zero-order valence-corrected chi connectivity index (χ0v) is 16.3. The Morgan fingerprint density at radius 1 is 1.33 bits per heavy atom. The van der Waals surface area contributed by atoms with Crippen LogP contribution in [0.25, 0.3) is 5.69 Å². The molecule has 0 saturated heterocycles. The Morgan fingerprint density at radius 2 is 2.11 bits per heavy atom. The number of hydrogen-bond acceptors (Lipinski definition) is 4. The zero-order chi connectivity index (χ0) is 19.6. The van der Waals surface area contributed by atoms with E-state index in [1.54, 1.807) is 0 Å². The highest BCUT2D eigenvalue weighted by molar-refractivity contribution is 9.11. The van der Waals surface area contributed by atoms with E-state index in [4.69, 9.17) is 4.74 Å². The fourth-order valence-electron chi connectivity index (χ4n) is 2.32. The van der Waals surface area contributed by atoms with Gasteiger partial charge in [0.05, 0.1) is 34.9 Å². The summed E-state index contributed by atoms with van der Waals surface area (Å²) in [6.45, 7) is 0.300. The van der Waals surface area contributed by atoms with Gasteiger partial charge >= 0.3 is 6.18 Å². The van der Waals surface area contributed by atoms with Crippen molar-refractivity contribution in [1.82, 2.24) is 15.1 Å². The molecule has 0 unspecified atom stereocenters. The maximum Gasteiger partial charge on any atom is 0.416 e. The van der Waals surface area contributed by atoms with Crippen LogP contribution in [-0.4, -0.2) is 22.8 Å². The number of carbonyl (C=O) groups excluding carboxylic acids is 1. The van der Waals surface area contributed by atoms with E-state index >= 15 is 0 Å². The van der Waals surface area contributed by atoms with Gasteiger partial charge in [-0.1, -0.05) is 6.07 Å². The van der Waals surface area contributed by atoms with Crippen molar-refractivity contribution in [3.05, 3.63) is 62.5 Å². The fraction of sp³-hybridized carbons (Fsp3) is 0.176. The van der Waals surface area contributed by atoms with Gasteiger partial charge < -0.3 is 10.1 Å². The summed E-state index contributed by atoms with van der Waals surface area (Å²) in [5, 5.41) is 6.82. The number of benzene rings is 1. The number of rotatable bonds is 5. The van der Waals surface area contributed by atoms with E-state index in [0.717, 1.165) is 20.8 Å². The lowest BCUT2D eigenvalue weighted by atomic mass is 10.2. The van der Waals surface area contributed by atoms with Crippen LogP contribution >= 0.6 is 27.3 Å². The highest BCUT2D eigenvalue weighted by Gasteiger charge is 2.30. The normalized spacial score (nSPS) is 11.4. The maximum atomic E-state index is 12.9. The zero-order valence-electron chi connectivity index (χ0n) is 13.9. The summed E-state index contributed by atoms with van der Waals surface area (Å²) in [7, 11) is 1.36. The van der Waals surface area contributed by atoms with Gasteiger partial charge in [0.15, 0.2) is 11.4 Å². The Morgan fingerprint density at radius 3 is 2.74 bits per heavy atom. The van der Waals surface area contributed by atoms with Crippen molar-refractivity contribution in [3.8, 4) is 11.4 Å². The average Bonchev–Trinajstić information content (AvgIpc) is 3.25. The van der Waals surface area contributed by atoms with Gasteiger partial charge in [-0.2, -0.15) is 18.3 Å². The van der Waals surface area contributed by atoms with E-state index in [1.165, 1.54) is 41.5 Å². The number of ether oxygens (including phenoxy) is 1. The Bertz CT molecular complexity index is 968. The van der Waals surface area contributed by atoms with Crippen molar-refractivity contribution in [2.24, 2.45) is 0 Å². The van der Waals surface area contributed by atoms with E-state index in [0.29, 0.717) is 6.54 Å². The number of nitrogens with zero attached hydrogens (tertiary/aromatic N) is 2. The number of methoxy groups -OCH3 is 1. The van der Waals surface area contributed by atoms with Gasteiger partial charge in [0.2, 0.25) is 0 Å². The molecule has 0 aliphatic rings. The molecule has 142 valence electrons. The van der Waals surface area contributed by atoms with Gasteiger partial charge in [-0.3, -0.25) is 4.79 Å². The summed E-state index contributed by atoms with van der Waals surface area (Å²) >= 11 is 4.83. The SMILES string of the molecule is COc1cn(-c2cccc(C(F)(F)F)c2)nc1C(=O)NCc1ccc(Br)s1. The van der Waals surface area contributed by atoms with Gasteiger partial charge in [-0.25, -0.2) is 4.68 Å². The third-order valence-corrected chi connectivity index (χ3v) is 5.23. The molecule has 0 fully saturated rings. The molecule has 3 rings (SSSR count). The predicted molar refractivity (Wildman–Crippen MR) is 98.3 cm³/mol. The van der Waals surface area contributed by atoms with Crippen molar-refractivity contribution >= 4 is 33.2 Å². The van der Waals surface area contributed by atoms with Crippen LogP contribution in [0.1, 0.15) is 20.9 Å². The third kappa shape index (κ3) is 4.51. The predicted octanol–water partition coefficient (Wildman–Crippen LogP) is 4.65. The van der Waals surface area contributed by atoms with Gasteiger partial charge in [0, 0.05) is 4.88 Å². The minimum atomic E-state index is -4.47. The number of thiophene rings is 1. The first kappa shape index (κ1) is 19.4. The summed E-state index contributed by atoms with van der Waals surface area (Å²) < 4.78 is 46.0. The van der Waals surface area contributed by atoms with Crippen LogP contribution in [0.2, 0.25) is 0 Å². The summed E-state index contributed by atoms with van der Waals surface area (Å²) in [5.74, 6) is -0.320. The maximum absolute atomic E-state index is 12.9. The van der Waals surface area contributed by atoms with Crippen LogP contribution in [0, 0.1) is 0 Å². The Labute approximate surface area is 164 Å². The lowest BCUT2D eigenvalue weighted by Crippen LogP contribution is -2.23. The molecule has 2 aromatic heterocycles. The molecule has 1 aromatic carbocycles. The number of halogens is 4. The van der Waals surface area contributed by atoms with E-state index in [2.05, 4.69) is 26.3 Å². The lowest BCUT2D eigenvalue weighted by Gasteiger charge is -2.08. The average molecular weight is 460 g/mol. The molecule has 3 aromatic rings. The molecule has 0 radical (unpaired) electrons. The first-order valence-electron chi connectivity index (χ1n) is 7.61. The van der Waals surface area contributed by atoms with Crippen LogP contribution in [0.4, 0.5) is 13.2 Å². The third-order valence-electron chi connectivity index (χ3n) is 3.61. The smallest absolute Gasteiger partial charge is 0.416 e. The highest BCUT2D eigenvalue weighted by atomic mass is 79.9. The van der Waals surface area contributed by atoms with Crippen LogP contribution in [0.5, 0.6) is 5.75 Å². The second kappa shape index (κ2) is 7.73. The molecule has 0 aliphatic carbocycles. The highest BCUT2D eigenvalue weighted by Crippen LogP contribution is 2.31. The summed E-state index contributed by atoms with van der Waals surface area (Å²) in [6.07, 6.45) is -3.10. The Hall–Kier alpha value is -2.33. The van der Waals surface area contributed by atoms with Crippen molar-refractivity contribution in [2.75, 3.05) is 7.11 Å². The van der Waals surface area contributed by atoms with Gasteiger partial charge in [0.25, 0.3) is 5.91 Å². The molecule has 0 spiro atoms. The van der Waals surface area contributed by atoms with Crippen molar-refractivity contribution in [1.29, 1.82) is 0 Å². The summed E-state index contributed by atoms with van der Waals surface area (Å²) in [6, 6.07) is 8.41. The van der Waals surface area contributed by atoms with Crippen LogP contribution in [0.3, 0.4) is 0 Å². The number of aromatic nitrogens is 2. The molecule has 10 heteroatoms. The lowest BCUT2D eigenvalue weighted by molar-refractivity contribution is -0.137.